The smallest absolute Gasteiger partial charge is 0.422 e. The Hall–Kier alpha value is -1.96. The van der Waals surface area contributed by atoms with E-state index < -0.39 is 12.8 Å². The van der Waals surface area contributed by atoms with Gasteiger partial charge in [0.05, 0.1) is 0 Å². The van der Waals surface area contributed by atoms with Crippen LogP contribution >= 0.6 is 0 Å². The highest BCUT2D eigenvalue weighted by molar-refractivity contribution is 5.79. The zero-order valence-electron chi connectivity index (χ0n) is 16.0. The van der Waals surface area contributed by atoms with Crippen molar-refractivity contribution in [3.63, 3.8) is 0 Å². The normalized spacial score (nSPS) is 17.0. The Kier molecular flexibility index (Phi) is 8.22. The van der Waals surface area contributed by atoms with E-state index >= 15 is 0 Å². The van der Waals surface area contributed by atoms with Gasteiger partial charge in [0.15, 0.2) is 12.6 Å². The molecular formula is C19H29F3N4O. The third-order valence-corrected chi connectivity index (χ3v) is 4.48. The molecule has 0 bridgehead atoms. The molecule has 27 heavy (non-hydrogen) atoms. The Morgan fingerprint density at radius 1 is 1.22 bits per heavy atom. The highest BCUT2D eigenvalue weighted by Gasteiger charge is 2.28. The van der Waals surface area contributed by atoms with E-state index in [1.165, 1.54) is 6.42 Å². The monoisotopic (exact) mass is 386 g/mol. The fourth-order valence-electron chi connectivity index (χ4n) is 3.06. The summed E-state index contributed by atoms with van der Waals surface area (Å²) in [5.41, 5.74) is 0.940. The fraction of sp³-hybridized carbons (Fsp3) is 0.632. The van der Waals surface area contributed by atoms with Crippen molar-refractivity contribution < 1.29 is 17.9 Å². The SMILES string of the molecule is CCCN1CCC(NC(=NC)NCc2ccc(OCC(F)(F)F)cc2)CC1. The van der Waals surface area contributed by atoms with Gasteiger partial charge in [0.2, 0.25) is 0 Å². The van der Waals surface area contributed by atoms with Gasteiger partial charge in [-0.25, -0.2) is 0 Å². The summed E-state index contributed by atoms with van der Waals surface area (Å²) in [4.78, 5) is 6.74. The maximum atomic E-state index is 12.2. The van der Waals surface area contributed by atoms with Gasteiger partial charge in [-0.2, -0.15) is 13.2 Å². The van der Waals surface area contributed by atoms with E-state index in [0.29, 0.717) is 12.6 Å². The van der Waals surface area contributed by atoms with Gasteiger partial charge < -0.3 is 20.3 Å². The van der Waals surface area contributed by atoms with Crippen molar-refractivity contribution in [2.45, 2.75) is 44.9 Å². The van der Waals surface area contributed by atoms with Gasteiger partial charge >= 0.3 is 6.18 Å². The molecule has 1 heterocycles. The molecule has 0 saturated carbocycles. The molecule has 2 rings (SSSR count). The topological polar surface area (TPSA) is 48.9 Å². The molecule has 5 nitrogen and oxygen atoms in total. The summed E-state index contributed by atoms with van der Waals surface area (Å²) < 4.78 is 41.2. The van der Waals surface area contributed by atoms with E-state index in [9.17, 15) is 13.2 Å². The standard InChI is InChI=1S/C19H29F3N4O/c1-3-10-26-11-8-16(9-12-26)25-18(23-2)24-13-15-4-6-17(7-5-15)27-14-19(20,21)22/h4-7,16H,3,8-14H2,1-2H3,(H2,23,24,25). The van der Waals surface area contributed by atoms with Crippen molar-refractivity contribution in [1.82, 2.24) is 15.5 Å². The Labute approximate surface area is 159 Å². The number of nitrogens with zero attached hydrogens (tertiary/aromatic N) is 2. The summed E-state index contributed by atoms with van der Waals surface area (Å²) in [6.07, 6.45) is -0.968. The van der Waals surface area contributed by atoms with Gasteiger partial charge in [0.25, 0.3) is 0 Å². The highest BCUT2D eigenvalue weighted by atomic mass is 19.4. The number of hydrogen-bond acceptors (Lipinski definition) is 3. The molecule has 0 amide bonds. The lowest BCUT2D eigenvalue weighted by atomic mass is 10.1. The van der Waals surface area contributed by atoms with Crippen LogP contribution in [0.2, 0.25) is 0 Å². The molecular weight excluding hydrogens is 357 g/mol. The lowest BCUT2D eigenvalue weighted by Gasteiger charge is -2.32. The molecule has 0 aliphatic carbocycles. The number of likely N-dealkylation sites (tertiary alicyclic amines) is 1. The third kappa shape index (κ3) is 8.07. The van der Waals surface area contributed by atoms with Crippen LogP contribution in [0.25, 0.3) is 0 Å². The van der Waals surface area contributed by atoms with Crippen LogP contribution in [0.15, 0.2) is 29.3 Å². The van der Waals surface area contributed by atoms with E-state index in [1.807, 2.05) is 0 Å². The zero-order chi connectivity index (χ0) is 19.7. The minimum atomic E-state index is -4.33. The maximum Gasteiger partial charge on any atom is 0.422 e. The molecule has 0 atom stereocenters. The van der Waals surface area contributed by atoms with E-state index in [0.717, 1.165) is 44.0 Å². The lowest BCUT2D eigenvalue weighted by molar-refractivity contribution is -0.153. The molecule has 1 fully saturated rings. The number of aliphatic imine (C=N–C) groups is 1. The van der Waals surface area contributed by atoms with Crippen LogP contribution in [0.3, 0.4) is 0 Å². The van der Waals surface area contributed by atoms with Crippen LogP contribution < -0.4 is 15.4 Å². The summed E-state index contributed by atoms with van der Waals surface area (Å²) in [7, 11) is 1.73. The van der Waals surface area contributed by atoms with Crippen molar-refractivity contribution in [2.24, 2.45) is 4.99 Å². The predicted octanol–water partition coefficient (Wildman–Crippen LogP) is 3.17. The molecule has 1 saturated heterocycles. The number of ether oxygens (including phenoxy) is 1. The minimum Gasteiger partial charge on any atom is -0.484 e. The predicted molar refractivity (Wildman–Crippen MR) is 101 cm³/mol. The molecule has 1 aromatic carbocycles. The molecule has 152 valence electrons. The largest absolute Gasteiger partial charge is 0.484 e. The van der Waals surface area contributed by atoms with Crippen molar-refractivity contribution in [3.05, 3.63) is 29.8 Å². The lowest BCUT2D eigenvalue weighted by Crippen LogP contribution is -2.48. The number of hydrogen-bond donors (Lipinski definition) is 2. The molecule has 1 aliphatic rings. The Bertz CT molecular complexity index is 582. The molecule has 2 N–H and O–H groups in total. The molecule has 8 heteroatoms. The first-order valence-corrected chi connectivity index (χ1v) is 9.37. The van der Waals surface area contributed by atoms with Crippen LogP contribution in [-0.4, -0.2) is 56.4 Å². The average molecular weight is 386 g/mol. The average Bonchev–Trinajstić information content (AvgIpc) is 2.65. The summed E-state index contributed by atoms with van der Waals surface area (Å²) in [6.45, 7) is 4.81. The van der Waals surface area contributed by atoms with Gasteiger partial charge in [-0.1, -0.05) is 19.1 Å². The summed E-state index contributed by atoms with van der Waals surface area (Å²) >= 11 is 0. The molecule has 1 aliphatic heterocycles. The number of alkyl halides is 3. The molecule has 0 spiro atoms. The van der Waals surface area contributed by atoms with Crippen molar-refractivity contribution in [2.75, 3.05) is 33.3 Å². The molecule has 0 unspecified atom stereocenters. The van der Waals surface area contributed by atoms with Crippen LogP contribution in [0.5, 0.6) is 5.75 Å². The third-order valence-electron chi connectivity index (χ3n) is 4.48. The van der Waals surface area contributed by atoms with Crippen LogP contribution in [0.4, 0.5) is 13.2 Å². The zero-order valence-corrected chi connectivity index (χ0v) is 16.0. The minimum absolute atomic E-state index is 0.206. The Balaban J connectivity index is 1.74. The van der Waals surface area contributed by atoms with Crippen molar-refractivity contribution in [1.29, 1.82) is 0 Å². The van der Waals surface area contributed by atoms with Crippen LogP contribution in [0.1, 0.15) is 31.7 Å². The Morgan fingerprint density at radius 3 is 2.44 bits per heavy atom. The highest BCUT2D eigenvalue weighted by Crippen LogP contribution is 2.18. The number of rotatable bonds is 7. The number of benzene rings is 1. The number of halogens is 3. The quantitative estimate of drug-likeness (QED) is 0.558. The van der Waals surface area contributed by atoms with E-state index in [4.69, 9.17) is 4.74 Å². The fourth-order valence-corrected chi connectivity index (χ4v) is 3.06. The first-order valence-electron chi connectivity index (χ1n) is 9.37. The van der Waals surface area contributed by atoms with Gasteiger partial charge in [-0.15, -0.1) is 0 Å². The van der Waals surface area contributed by atoms with Gasteiger partial charge in [0.1, 0.15) is 5.75 Å². The maximum absolute atomic E-state index is 12.2. The number of piperidine rings is 1. The first kappa shape index (κ1) is 21.3. The van der Waals surface area contributed by atoms with Crippen molar-refractivity contribution >= 4 is 5.96 Å². The number of nitrogens with one attached hydrogen (secondary N) is 2. The second-order valence-corrected chi connectivity index (χ2v) is 6.73. The van der Waals surface area contributed by atoms with Crippen LogP contribution in [0, 0.1) is 0 Å². The van der Waals surface area contributed by atoms with E-state index in [-0.39, 0.29) is 5.75 Å². The Morgan fingerprint density at radius 2 is 1.89 bits per heavy atom. The van der Waals surface area contributed by atoms with Crippen LogP contribution in [-0.2, 0) is 6.54 Å². The summed E-state index contributed by atoms with van der Waals surface area (Å²) in [6, 6.07) is 6.98. The van der Waals surface area contributed by atoms with E-state index in [2.05, 4.69) is 27.4 Å². The molecule has 0 aromatic heterocycles. The molecule has 0 radical (unpaired) electrons. The van der Waals surface area contributed by atoms with Crippen molar-refractivity contribution in [3.8, 4) is 5.75 Å². The summed E-state index contributed by atoms with van der Waals surface area (Å²) in [5, 5.41) is 6.70. The van der Waals surface area contributed by atoms with Gasteiger partial charge in [-0.3, -0.25) is 4.99 Å². The number of guanidine groups is 1. The second-order valence-electron chi connectivity index (χ2n) is 6.73. The second kappa shape index (κ2) is 10.4. The summed E-state index contributed by atoms with van der Waals surface area (Å²) in [5.74, 6) is 0.943. The van der Waals surface area contributed by atoms with Gasteiger partial charge in [0, 0.05) is 32.7 Å². The molecule has 1 aromatic rings. The first-order chi connectivity index (χ1) is 12.9. The van der Waals surface area contributed by atoms with Gasteiger partial charge in [-0.05, 0) is 43.5 Å². The van der Waals surface area contributed by atoms with E-state index in [1.54, 1.807) is 31.3 Å².